The van der Waals surface area contributed by atoms with Crippen LogP contribution in [-0.4, -0.2) is 17.0 Å². The number of hydrogen-bond acceptors (Lipinski definition) is 2. The van der Waals surface area contributed by atoms with Gasteiger partial charge in [0, 0.05) is 6.42 Å². The molecular formula is C16H22O2. The summed E-state index contributed by atoms with van der Waals surface area (Å²) in [6.07, 6.45) is 4.88. The Morgan fingerprint density at radius 2 is 2.00 bits per heavy atom. The summed E-state index contributed by atoms with van der Waals surface area (Å²) in [5.41, 5.74) is 0.798. The number of aliphatic hydroxyl groups excluding tert-OH is 1. The highest BCUT2D eigenvalue weighted by molar-refractivity contribution is 5.90. The second-order valence-electron chi connectivity index (χ2n) is 5.47. The minimum absolute atomic E-state index is 0.333. The molecule has 2 rings (SSSR count). The highest BCUT2D eigenvalue weighted by Gasteiger charge is 2.40. The fourth-order valence-electron chi connectivity index (χ4n) is 3.02. The molecule has 1 aromatic carbocycles. The van der Waals surface area contributed by atoms with Crippen molar-refractivity contribution in [1.29, 1.82) is 0 Å². The summed E-state index contributed by atoms with van der Waals surface area (Å²) in [7, 11) is 0. The van der Waals surface area contributed by atoms with E-state index < -0.39 is 0 Å². The van der Waals surface area contributed by atoms with Crippen molar-refractivity contribution in [3.05, 3.63) is 35.9 Å². The van der Waals surface area contributed by atoms with Gasteiger partial charge in [0.1, 0.15) is 5.78 Å². The standard InChI is InChI=1S/C16H22O2/c1-13(17)10-12-16(11-6-5-9-15(16)18)14-7-3-2-4-8-14/h2-4,7-8,13,17H,5-6,9-12H2,1H3/t13?,16-/m1/s1. The topological polar surface area (TPSA) is 37.3 Å². The van der Waals surface area contributed by atoms with Gasteiger partial charge in [0.2, 0.25) is 0 Å². The van der Waals surface area contributed by atoms with Crippen molar-refractivity contribution in [2.24, 2.45) is 0 Å². The van der Waals surface area contributed by atoms with E-state index in [1.54, 1.807) is 6.92 Å². The maximum Gasteiger partial charge on any atom is 0.143 e. The molecule has 0 bridgehead atoms. The van der Waals surface area contributed by atoms with Crippen LogP contribution in [0.25, 0.3) is 0 Å². The summed E-state index contributed by atoms with van der Waals surface area (Å²) in [6.45, 7) is 1.80. The van der Waals surface area contributed by atoms with Gasteiger partial charge >= 0.3 is 0 Å². The highest BCUT2D eigenvalue weighted by Crippen LogP contribution is 2.40. The molecule has 18 heavy (non-hydrogen) atoms. The van der Waals surface area contributed by atoms with E-state index in [9.17, 15) is 9.90 Å². The molecular weight excluding hydrogens is 224 g/mol. The van der Waals surface area contributed by atoms with Crippen molar-refractivity contribution in [3.8, 4) is 0 Å². The normalized spacial score (nSPS) is 26.0. The minimum atomic E-state index is -0.337. The molecule has 0 heterocycles. The number of ketones is 1. The predicted octanol–water partition coefficient (Wildman–Crippen LogP) is 3.23. The van der Waals surface area contributed by atoms with E-state index in [1.807, 2.05) is 18.2 Å². The van der Waals surface area contributed by atoms with Crippen LogP contribution in [0, 0.1) is 0 Å². The van der Waals surface area contributed by atoms with Crippen molar-refractivity contribution in [3.63, 3.8) is 0 Å². The zero-order valence-electron chi connectivity index (χ0n) is 11.1. The lowest BCUT2D eigenvalue weighted by Crippen LogP contribution is -2.39. The third kappa shape index (κ3) is 2.64. The lowest BCUT2D eigenvalue weighted by Gasteiger charge is -2.36. The molecule has 0 aliphatic heterocycles. The largest absolute Gasteiger partial charge is 0.393 e. The van der Waals surface area contributed by atoms with Crippen molar-refractivity contribution in [2.45, 2.75) is 57.0 Å². The van der Waals surface area contributed by atoms with Crippen LogP contribution in [0.3, 0.4) is 0 Å². The third-order valence-corrected chi connectivity index (χ3v) is 4.11. The van der Waals surface area contributed by atoms with Gasteiger partial charge in [0.05, 0.1) is 11.5 Å². The van der Waals surface area contributed by atoms with Gasteiger partial charge < -0.3 is 5.11 Å². The van der Waals surface area contributed by atoms with Crippen molar-refractivity contribution in [1.82, 2.24) is 0 Å². The Morgan fingerprint density at radius 1 is 1.28 bits per heavy atom. The molecule has 2 atom stereocenters. The molecule has 2 nitrogen and oxygen atoms in total. The van der Waals surface area contributed by atoms with Gasteiger partial charge in [-0.15, -0.1) is 0 Å². The number of carbonyl (C=O) groups excluding carboxylic acids is 1. The maximum absolute atomic E-state index is 12.4. The minimum Gasteiger partial charge on any atom is -0.393 e. The van der Waals surface area contributed by atoms with Gasteiger partial charge in [-0.05, 0) is 38.2 Å². The molecule has 1 aliphatic rings. The molecule has 1 N–H and O–H groups in total. The van der Waals surface area contributed by atoms with Crippen LogP contribution in [-0.2, 0) is 10.2 Å². The fraction of sp³-hybridized carbons (Fsp3) is 0.562. The van der Waals surface area contributed by atoms with Crippen LogP contribution in [0.2, 0.25) is 0 Å². The lowest BCUT2D eigenvalue weighted by molar-refractivity contribution is -0.127. The van der Waals surface area contributed by atoms with Gasteiger partial charge in [-0.1, -0.05) is 36.8 Å². The Bertz CT molecular complexity index is 397. The summed E-state index contributed by atoms with van der Waals surface area (Å²) in [5, 5.41) is 9.52. The monoisotopic (exact) mass is 246 g/mol. The van der Waals surface area contributed by atoms with Gasteiger partial charge in [-0.2, -0.15) is 0 Å². The smallest absolute Gasteiger partial charge is 0.143 e. The molecule has 1 aromatic rings. The van der Waals surface area contributed by atoms with Crippen LogP contribution < -0.4 is 0 Å². The molecule has 1 aliphatic carbocycles. The Kier molecular flexibility index (Phi) is 4.18. The fourth-order valence-corrected chi connectivity index (χ4v) is 3.02. The van der Waals surface area contributed by atoms with Crippen LogP contribution >= 0.6 is 0 Å². The van der Waals surface area contributed by atoms with Crippen molar-refractivity contribution in [2.75, 3.05) is 0 Å². The van der Waals surface area contributed by atoms with E-state index in [0.29, 0.717) is 18.6 Å². The molecule has 1 unspecified atom stereocenters. The summed E-state index contributed by atoms with van der Waals surface area (Å²) >= 11 is 0. The van der Waals surface area contributed by atoms with E-state index in [4.69, 9.17) is 0 Å². The molecule has 1 saturated carbocycles. The van der Waals surface area contributed by atoms with E-state index in [1.165, 1.54) is 0 Å². The molecule has 2 heteroatoms. The number of hydrogen-bond donors (Lipinski definition) is 1. The molecule has 0 radical (unpaired) electrons. The number of aliphatic hydroxyl groups is 1. The first-order valence-corrected chi connectivity index (χ1v) is 6.92. The third-order valence-electron chi connectivity index (χ3n) is 4.11. The Morgan fingerprint density at radius 3 is 2.61 bits per heavy atom. The molecule has 0 saturated heterocycles. The average molecular weight is 246 g/mol. The second kappa shape index (κ2) is 5.66. The van der Waals surface area contributed by atoms with Crippen LogP contribution in [0.4, 0.5) is 0 Å². The van der Waals surface area contributed by atoms with Gasteiger partial charge in [0.25, 0.3) is 0 Å². The lowest BCUT2D eigenvalue weighted by atomic mass is 9.65. The zero-order chi connectivity index (χ0) is 13.0. The first-order chi connectivity index (χ1) is 8.65. The van der Waals surface area contributed by atoms with Gasteiger partial charge in [-0.25, -0.2) is 0 Å². The summed E-state index contributed by atoms with van der Waals surface area (Å²) in [4.78, 5) is 12.4. The van der Waals surface area contributed by atoms with E-state index in [2.05, 4.69) is 12.1 Å². The molecule has 0 aromatic heterocycles. The second-order valence-corrected chi connectivity index (χ2v) is 5.47. The first kappa shape index (κ1) is 13.3. The number of carbonyl (C=O) groups is 1. The maximum atomic E-state index is 12.4. The van der Waals surface area contributed by atoms with Crippen LogP contribution in [0.5, 0.6) is 0 Å². The molecule has 98 valence electrons. The predicted molar refractivity (Wildman–Crippen MR) is 72.5 cm³/mol. The zero-order valence-corrected chi connectivity index (χ0v) is 11.1. The van der Waals surface area contributed by atoms with Crippen molar-refractivity contribution < 1.29 is 9.90 Å². The van der Waals surface area contributed by atoms with E-state index in [0.717, 1.165) is 31.2 Å². The SMILES string of the molecule is CC(O)CC[C@@]1(c2ccccc2)CCCCC1=O. The van der Waals surface area contributed by atoms with Gasteiger partial charge in [0.15, 0.2) is 0 Å². The number of benzene rings is 1. The Balaban J connectivity index is 2.30. The average Bonchev–Trinajstić information content (AvgIpc) is 2.39. The van der Waals surface area contributed by atoms with E-state index in [-0.39, 0.29) is 11.5 Å². The molecule has 1 fully saturated rings. The van der Waals surface area contributed by atoms with Gasteiger partial charge in [-0.3, -0.25) is 4.79 Å². The molecule has 0 spiro atoms. The van der Waals surface area contributed by atoms with Crippen LogP contribution in [0.15, 0.2) is 30.3 Å². The van der Waals surface area contributed by atoms with Crippen LogP contribution in [0.1, 0.15) is 51.0 Å². The Hall–Kier alpha value is -1.15. The highest BCUT2D eigenvalue weighted by atomic mass is 16.3. The first-order valence-electron chi connectivity index (χ1n) is 6.92. The molecule has 0 amide bonds. The number of rotatable bonds is 4. The van der Waals surface area contributed by atoms with Crippen molar-refractivity contribution >= 4 is 5.78 Å². The summed E-state index contributed by atoms with van der Waals surface area (Å²) in [6, 6.07) is 10.1. The quantitative estimate of drug-likeness (QED) is 0.885. The van der Waals surface area contributed by atoms with E-state index >= 15 is 0 Å². The Labute approximate surface area is 109 Å². The summed E-state index contributed by atoms with van der Waals surface area (Å²) in [5.74, 6) is 0.362. The summed E-state index contributed by atoms with van der Waals surface area (Å²) < 4.78 is 0. The number of Topliss-reactive ketones (excluding diaryl/α,β-unsaturated/α-hetero) is 1.